The first-order valence-electron chi connectivity index (χ1n) is 11.6. The molecule has 0 unspecified atom stereocenters. The number of alkyl halides is 3. The lowest BCUT2D eigenvalue weighted by Gasteiger charge is -2.35. The van der Waals surface area contributed by atoms with Crippen molar-refractivity contribution in [2.75, 3.05) is 13.7 Å². The number of carboxylic acids is 1. The third-order valence-corrected chi connectivity index (χ3v) is 6.72. The van der Waals surface area contributed by atoms with Crippen molar-refractivity contribution in [3.8, 4) is 5.88 Å². The van der Waals surface area contributed by atoms with Gasteiger partial charge in [-0.1, -0.05) is 52.0 Å². The minimum Gasteiger partial charge on any atom is -0.481 e. The van der Waals surface area contributed by atoms with Gasteiger partial charge in [0.15, 0.2) is 0 Å². The SMILES string of the molecule is CCN1[C@H](C(=O)O)[C@@H](C(C)(C)C)[C@H](OCc2cc(C(F)(F)F)cnc2OC)[C@@H]1c1ccccc1C. The Balaban J connectivity index is 2.10. The first-order chi connectivity index (χ1) is 16.3. The van der Waals surface area contributed by atoms with Crippen molar-refractivity contribution in [1.29, 1.82) is 0 Å². The fourth-order valence-corrected chi connectivity index (χ4v) is 5.19. The maximum absolute atomic E-state index is 13.3. The van der Waals surface area contributed by atoms with Crippen LogP contribution in [0.4, 0.5) is 13.2 Å². The lowest BCUT2D eigenvalue weighted by molar-refractivity contribution is -0.146. The van der Waals surface area contributed by atoms with Gasteiger partial charge in [0.2, 0.25) is 5.88 Å². The molecule has 6 nitrogen and oxygen atoms in total. The molecule has 0 saturated carbocycles. The molecule has 2 aromatic rings. The van der Waals surface area contributed by atoms with Crippen LogP contribution in [0.5, 0.6) is 5.88 Å². The molecule has 0 amide bonds. The third-order valence-electron chi connectivity index (χ3n) is 6.72. The lowest BCUT2D eigenvalue weighted by atomic mass is 9.73. The summed E-state index contributed by atoms with van der Waals surface area (Å²) in [6.07, 6.45) is -4.44. The molecule has 0 aliphatic carbocycles. The highest BCUT2D eigenvalue weighted by atomic mass is 19.4. The van der Waals surface area contributed by atoms with E-state index in [0.29, 0.717) is 6.54 Å². The fourth-order valence-electron chi connectivity index (χ4n) is 5.19. The van der Waals surface area contributed by atoms with Crippen molar-refractivity contribution in [2.24, 2.45) is 11.3 Å². The van der Waals surface area contributed by atoms with Gasteiger partial charge >= 0.3 is 12.1 Å². The normalized spacial score (nSPS) is 23.5. The molecule has 1 aromatic carbocycles. The number of carbonyl (C=O) groups is 1. The first-order valence-corrected chi connectivity index (χ1v) is 11.6. The molecular formula is C26H33F3N2O4. The van der Waals surface area contributed by atoms with Crippen LogP contribution < -0.4 is 4.74 Å². The van der Waals surface area contributed by atoms with Crippen LogP contribution in [0.15, 0.2) is 36.5 Å². The van der Waals surface area contributed by atoms with Gasteiger partial charge in [-0.3, -0.25) is 9.69 Å². The number of hydrogen-bond donors (Lipinski definition) is 1. The standard InChI is InChI=1S/C26H33F3N2O4/c1-7-31-20(18-11-9-8-10-15(18)2)22(19(25(3,4)5)21(31)24(32)33)35-14-16-12-17(26(27,28)29)13-30-23(16)34-6/h8-13,19-22H,7,14H2,1-6H3,(H,32,33)/t19-,20+,21+,22+/m1/s1. The zero-order valence-electron chi connectivity index (χ0n) is 20.9. The van der Waals surface area contributed by atoms with Gasteiger partial charge in [0.1, 0.15) is 6.04 Å². The van der Waals surface area contributed by atoms with Crippen LogP contribution in [-0.2, 0) is 22.3 Å². The fraction of sp³-hybridized carbons (Fsp3) is 0.538. The topological polar surface area (TPSA) is 71.9 Å². The van der Waals surface area contributed by atoms with Gasteiger partial charge in [0.25, 0.3) is 0 Å². The smallest absolute Gasteiger partial charge is 0.417 e. The van der Waals surface area contributed by atoms with Crippen molar-refractivity contribution in [2.45, 2.75) is 65.6 Å². The molecule has 2 heterocycles. The van der Waals surface area contributed by atoms with Crippen LogP contribution in [0.2, 0.25) is 0 Å². The zero-order chi connectivity index (χ0) is 26.1. The number of ether oxygens (including phenoxy) is 2. The maximum Gasteiger partial charge on any atom is 0.417 e. The maximum atomic E-state index is 13.3. The summed E-state index contributed by atoms with van der Waals surface area (Å²) in [5.74, 6) is -1.35. The molecule has 1 aliphatic rings. The Morgan fingerprint density at radius 1 is 1.20 bits per heavy atom. The molecule has 4 atom stereocenters. The van der Waals surface area contributed by atoms with Crippen molar-refractivity contribution < 1.29 is 32.5 Å². The number of likely N-dealkylation sites (tertiary alicyclic amines) is 1. The molecule has 3 rings (SSSR count). The summed E-state index contributed by atoms with van der Waals surface area (Å²) in [5, 5.41) is 10.2. The number of pyridine rings is 1. The minimum absolute atomic E-state index is 0.0397. The molecule has 0 radical (unpaired) electrons. The number of likely N-dealkylation sites (N-methyl/N-ethyl adjacent to an activating group) is 1. The number of aromatic nitrogens is 1. The molecule has 0 bridgehead atoms. The quantitative estimate of drug-likeness (QED) is 0.549. The Bertz CT molecular complexity index is 1050. The van der Waals surface area contributed by atoms with Gasteiger partial charge in [-0.15, -0.1) is 0 Å². The summed E-state index contributed by atoms with van der Waals surface area (Å²) < 4.78 is 51.6. The Hall–Kier alpha value is -2.65. The van der Waals surface area contributed by atoms with Crippen molar-refractivity contribution >= 4 is 5.97 Å². The molecule has 1 saturated heterocycles. The number of hydrogen-bond acceptors (Lipinski definition) is 5. The molecule has 1 fully saturated rings. The molecule has 1 N–H and O–H groups in total. The molecule has 35 heavy (non-hydrogen) atoms. The summed E-state index contributed by atoms with van der Waals surface area (Å²) in [6.45, 7) is 10.0. The first kappa shape index (κ1) is 26.9. The molecule has 1 aromatic heterocycles. The molecule has 9 heteroatoms. The van der Waals surface area contributed by atoms with E-state index in [1.807, 2.05) is 63.8 Å². The zero-order valence-corrected chi connectivity index (χ0v) is 20.9. The number of methoxy groups -OCH3 is 1. The Kier molecular flexibility index (Phi) is 7.81. The monoisotopic (exact) mass is 494 g/mol. The van der Waals surface area contributed by atoms with Crippen LogP contribution in [0.25, 0.3) is 0 Å². The second-order valence-electron chi connectivity index (χ2n) is 9.97. The van der Waals surface area contributed by atoms with Crippen LogP contribution in [0.3, 0.4) is 0 Å². The Morgan fingerprint density at radius 2 is 1.86 bits per heavy atom. The Morgan fingerprint density at radius 3 is 2.37 bits per heavy atom. The van der Waals surface area contributed by atoms with Crippen molar-refractivity contribution in [3.05, 3.63) is 58.8 Å². The van der Waals surface area contributed by atoms with Gasteiger partial charge in [-0.2, -0.15) is 13.2 Å². The molecule has 0 spiro atoms. The number of aryl methyl sites for hydroxylation is 1. The number of benzene rings is 1. The molecular weight excluding hydrogens is 461 g/mol. The van der Waals surface area contributed by atoms with E-state index in [9.17, 15) is 23.1 Å². The summed E-state index contributed by atoms with van der Waals surface area (Å²) in [7, 11) is 1.34. The van der Waals surface area contributed by atoms with E-state index < -0.39 is 47.2 Å². The van der Waals surface area contributed by atoms with E-state index >= 15 is 0 Å². The van der Waals surface area contributed by atoms with E-state index in [-0.39, 0.29) is 18.1 Å². The number of rotatable bonds is 7. The van der Waals surface area contributed by atoms with Crippen LogP contribution in [0.1, 0.15) is 56.0 Å². The Labute approximate surface area is 204 Å². The summed E-state index contributed by atoms with van der Waals surface area (Å²) in [4.78, 5) is 18.3. The van der Waals surface area contributed by atoms with Crippen molar-refractivity contribution in [3.63, 3.8) is 0 Å². The predicted molar refractivity (Wildman–Crippen MR) is 125 cm³/mol. The number of nitrogens with zero attached hydrogens (tertiary/aromatic N) is 2. The highest BCUT2D eigenvalue weighted by Gasteiger charge is 2.56. The summed E-state index contributed by atoms with van der Waals surface area (Å²) >= 11 is 0. The van der Waals surface area contributed by atoms with Crippen LogP contribution in [0, 0.1) is 18.3 Å². The van der Waals surface area contributed by atoms with Gasteiger partial charge in [-0.05, 0) is 36.1 Å². The van der Waals surface area contributed by atoms with Crippen LogP contribution >= 0.6 is 0 Å². The van der Waals surface area contributed by atoms with E-state index in [1.165, 1.54) is 7.11 Å². The van der Waals surface area contributed by atoms with Gasteiger partial charge in [0.05, 0.1) is 31.4 Å². The number of carboxylic acid groups (broad SMARTS) is 1. The minimum atomic E-state index is -4.56. The van der Waals surface area contributed by atoms with Crippen LogP contribution in [-0.4, -0.2) is 46.8 Å². The van der Waals surface area contributed by atoms with E-state index in [4.69, 9.17) is 9.47 Å². The van der Waals surface area contributed by atoms with E-state index in [2.05, 4.69) is 4.98 Å². The summed E-state index contributed by atoms with van der Waals surface area (Å²) in [6, 6.07) is 7.48. The van der Waals surface area contributed by atoms with Gasteiger partial charge in [-0.25, -0.2) is 4.98 Å². The average molecular weight is 495 g/mol. The number of aliphatic carboxylic acids is 1. The largest absolute Gasteiger partial charge is 0.481 e. The van der Waals surface area contributed by atoms with Crippen molar-refractivity contribution in [1.82, 2.24) is 9.88 Å². The van der Waals surface area contributed by atoms with Gasteiger partial charge in [0, 0.05) is 17.7 Å². The predicted octanol–water partition coefficient (Wildman–Crippen LogP) is 5.49. The lowest BCUT2D eigenvalue weighted by Crippen LogP contribution is -2.44. The third kappa shape index (κ3) is 5.46. The summed E-state index contributed by atoms with van der Waals surface area (Å²) in [5.41, 5.74) is 0.715. The van der Waals surface area contributed by atoms with E-state index in [1.54, 1.807) is 0 Å². The van der Waals surface area contributed by atoms with E-state index in [0.717, 1.165) is 23.4 Å². The molecule has 1 aliphatic heterocycles. The average Bonchev–Trinajstić information content (AvgIpc) is 3.12. The molecule has 192 valence electrons. The number of halogens is 3. The highest BCUT2D eigenvalue weighted by Crippen LogP contribution is 2.50. The second kappa shape index (κ2) is 10.1. The van der Waals surface area contributed by atoms with Gasteiger partial charge < -0.3 is 14.6 Å². The highest BCUT2D eigenvalue weighted by molar-refractivity contribution is 5.75. The second-order valence-corrected chi connectivity index (χ2v) is 9.97.